The summed E-state index contributed by atoms with van der Waals surface area (Å²) in [5.41, 5.74) is 4.02. The van der Waals surface area contributed by atoms with E-state index < -0.39 is 0 Å². The van der Waals surface area contributed by atoms with Gasteiger partial charge < -0.3 is 9.73 Å². The third kappa shape index (κ3) is 5.91. The summed E-state index contributed by atoms with van der Waals surface area (Å²) in [6.07, 6.45) is 2.38. The lowest BCUT2D eigenvalue weighted by Gasteiger charge is -2.26. The van der Waals surface area contributed by atoms with E-state index >= 15 is 0 Å². The fourth-order valence-corrected chi connectivity index (χ4v) is 4.83. The van der Waals surface area contributed by atoms with E-state index in [1.165, 1.54) is 17.1 Å². The van der Waals surface area contributed by atoms with Crippen molar-refractivity contribution < 1.29 is 9.21 Å². The minimum absolute atomic E-state index is 0.0543. The summed E-state index contributed by atoms with van der Waals surface area (Å²) in [6.45, 7) is 5.28. The van der Waals surface area contributed by atoms with Crippen LogP contribution in [-0.4, -0.2) is 40.4 Å². The highest BCUT2D eigenvalue weighted by atomic mass is 35.5. The van der Waals surface area contributed by atoms with Gasteiger partial charge in [-0.1, -0.05) is 35.9 Å². The number of thioether (sulfide) groups is 1. The molecule has 0 radical (unpaired) electrons. The van der Waals surface area contributed by atoms with Gasteiger partial charge in [0.05, 0.1) is 11.2 Å². The van der Waals surface area contributed by atoms with Crippen LogP contribution in [0.2, 0.25) is 5.02 Å². The third-order valence-corrected chi connectivity index (χ3v) is 6.61. The number of halogens is 1. The first-order valence-electron chi connectivity index (χ1n) is 10.5. The predicted octanol–water partition coefficient (Wildman–Crippen LogP) is 5.42. The Balaban J connectivity index is 1.30. The predicted molar refractivity (Wildman–Crippen MR) is 128 cm³/mol. The second kappa shape index (κ2) is 10.4. The van der Waals surface area contributed by atoms with Gasteiger partial charge in [0.15, 0.2) is 11.7 Å². The topological polar surface area (TPSA) is 58.4 Å². The van der Waals surface area contributed by atoms with E-state index in [-0.39, 0.29) is 5.91 Å². The van der Waals surface area contributed by atoms with E-state index in [0.29, 0.717) is 29.5 Å². The number of amides is 1. The van der Waals surface area contributed by atoms with Crippen LogP contribution in [-0.2, 0) is 17.8 Å². The summed E-state index contributed by atoms with van der Waals surface area (Å²) in [6, 6.07) is 13.7. The number of oxazole rings is 1. The Morgan fingerprint density at radius 2 is 2.03 bits per heavy atom. The van der Waals surface area contributed by atoms with Gasteiger partial charge in [0.1, 0.15) is 0 Å². The molecule has 4 rings (SSSR count). The van der Waals surface area contributed by atoms with Gasteiger partial charge in [-0.15, -0.1) is 0 Å². The molecule has 0 aliphatic carbocycles. The van der Waals surface area contributed by atoms with Crippen molar-refractivity contribution in [1.29, 1.82) is 0 Å². The Labute approximate surface area is 192 Å². The minimum atomic E-state index is -0.0543. The summed E-state index contributed by atoms with van der Waals surface area (Å²) in [7, 11) is 0. The van der Waals surface area contributed by atoms with Crippen molar-refractivity contribution in [3.63, 3.8) is 0 Å². The Morgan fingerprint density at radius 3 is 2.81 bits per heavy atom. The lowest BCUT2D eigenvalue weighted by atomic mass is 10.1. The van der Waals surface area contributed by atoms with E-state index in [1.54, 1.807) is 6.20 Å². The van der Waals surface area contributed by atoms with Gasteiger partial charge in [-0.05, 0) is 36.2 Å². The Morgan fingerprint density at radius 1 is 1.23 bits per heavy atom. The first-order chi connectivity index (χ1) is 15.1. The Kier molecular flexibility index (Phi) is 7.33. The number of hydrogen-bond donors (Lipinski definition) is 1. The van der Waals surface area contributed by atoms with Crippen LogP contribution in [0.1, 0.15) is 23.4 Å². The maximum Gasteiger partial charge on any atom is 0.224 e. The number of benzene rings is 2. The highest BCUT2D eigenvalue weighted by Gasteiger charge is 2.13. The average Bonchev–Trinajstić information content (AvgIpc) is 3.24. The van der Waals surface area contributed by atoms with E-state index in [0.717, 1.165) is 36.4 Å². The molecule has 2 aromatic carbocycles. The average molecular weight is 456 g/mol. The highest BCUT2D eigenvalue weighted by molar-refractivity contribution is 7.99. The van der Waals surface area contributed by atoms with Crippen molar-refractivity contribution in [2.24, 2.45) is 0 Å². The highest BCUT2D eigenvalue weighted by Crippen LogP contribution is 2.28. The van der Waals surface area contributed by atoms with Crippen LogP contribution in [0.4, 0.5) is 5.69 Å². The van der Waals surface area contributed by atoms with Crippen molar-refractivity contribution in [1.82, 2.24) is 9.88 Å². The molecule has 31 heavy (non-hydrogen) atoms. The molecule has 3 aromatic rings. The van der Waals surface area contributed by atoms with Crippen molar-refractivity contribution in [3.05, 3.63) is 70.7 Å². The smallest absolute Gasteiger partial charge is 0.224 e. The first kappa shape index (κ1) is 21.9. The van der Waals surface area contributed by atoms with Gasteiger partial charge in [0.2, 0.25) is 5.91 Å². The fourth-order valence-electron chi connectivity index (χ4n) is 3.63. The summed E-state index contributed by atoms with van der Waals surface area (Å²) >= 11 is 8.23. The zero-order valence-corrected chi connectivity index (χ0v) is 19.1. The molecule has 0 saturated carbocycles. The monoisotopic (exact) mass is 455 g/mol. The molecule has 1 amide bonds. The maximum atomic E-state index is 12.5. The molecule has 5 nitrogen and oxygen atoms in total. The second-order valence-electron chi connectivity index (χ2n) is 7.68. The number of carbonyl (C=O) groups excluding carboxylic acids is 1. The normalized spacial score (nSPS) is 14.5. The summed E-state index contributed by atoms with van der Waals surface area (Å²) in [5, 5.41) is 3.62. The largest absolute Gasteiger partial charge is 0.441 e. The standard InChI is InChI=1S/C24H26ClN3O2S/c1-17-14-18(16-28-10-12-31-13-11-28)6-7-21(17)27-23(29)8-9-24-26-15-22(30-24)19-4-2-3-5-20(19)25/h2-7,14-15H,8-13,16H2,1H3,(H,27,29). The zero-order valence-electron chi connectivity index (χ0n) is 17.6. The van der Waals surface area contributed by atoms with Crippen molar-refractivity contribution in [3.8, 4) is 11.3 Å². The van der Waals surface area contributed by atoms with Crippen molar-refractivity contribution >= 4 is 35.0 Å². The number of rotatable bonds is 7. The number of aryl methyl sites for hydroxylation is 2. The van der Waals surface area contributed by atoms with Crippen LogP contribution in [0, 0.1) is 6.92 Å². The lowest BCUT2D eigenvalue weighted by Crippen LogP contribution is -2.31. The summed E-state index contributed by atoms with van der Waals surface area (Å²) in [5.74, 6) is 3.49. The third-order valence-electron chi connectivity index (χ3n) is 5.33. The molecule has 2 heterocycles. The molecular formula is C24H26ClN3O2S. The molecule has 1 N–H and O–H groups in total. The van der Waals surface area contributed by atoms with Crippen LogP contribution >= 0.6 is 23.4 Å². The van der Waals surface area contributed by atoms with Gasteiger partial charge in [-0.3, -0.25) is 9.69 Å². The number of nitrogens with one attached hydrogen (secondary N) is 1. The van der Waals surface area contributed by atoms with E-state index in [9.17, 15) is 4.79 Å². The molecule has 1 aliphatic rings. The molecule has 1 aliphatic heterocycles. The van der Waals surface area contributed by atoms with Crippen LogP contribution in [0.15, 0.2) is 53.1 Å². The van der Waals surface area contributed by atoms with E-state index in [1.807, 2.05) is 49.0 Å². The molecule has 0 atom stereocenters. The molecule has 1 aromatic heterocycles. The van der Waals surface area contributed by atoms with Gasteiger partial charge in [0.25, 0.3) is 0 Å². The number of hydrogen-bond acceptors (Lipinski definition) is 5. The molecule has 0 unspecified atom stereocenters. The van der Waals surface area contributed by atoms with Crippen molar-refractivity contribution in [2.45, 2.75) is 26.3 Å². The Hall–Kier alpha value is -2.28. The van der Waals surface area contributed by atoms with Crippen LogP contribution in [0.25, 0.3) is 11.3 Å². The van der Waals surface area contributed by atoms with Gasteiger partial charge in [0, 0.05) is 55.2 Å². The molecule has 0 bridgehead atoms. The van der Waals surface area contributed by atoms with Gasteiger partial charge in [-0.2, -0.15) is 11.8 Å². The van der Waals surface area contributed by atoms with E-state index in [2.05, 4.69) is 27.3 Å². The summed E-state index contributed by atoms with van der Waals surface area (Å²) < 4.78 is 5.78. The molecule has 1 fully saturated rings. The maximum absolute atomic E-state index is 12.5. The number of anilines is 1. The number of aromatic nitrogens is 1. The van der Waals surface area contributed by atoms with Gasteiger partial charge >= 0.3 is 0 Å². The van der Waals surface area contributed by atoms with Crippen LogP contribution in [0.3, 0.4) is 0 Å². The quantitative estimate of drug-likeness (QED) is 0.515. The molecule has 1 saturated heterocycles. The summed E-state index contributed by atoms with van der Waals surface area (Å²) in [4.78, 5) is 19.2. The number of carbonyl (C=O) groups is 1. The Bertz CT molecular complexity index is 1050. The first-order valence-corrected chi connectivity index (χ1v) is 12.0. The number of nitrogens with zero attached hydrogens (tertiary/aromatic N) is 2. The molecule has 0 spiro atoms. The van der Waals surface area contributed by atoms with Crippen LogP contribution < -0.4 is 5.32 Å². The fraction of sp³-hybridized carbons (Fsp3) is 0.333. The molecule has 162 valence electrons. The second-order valence-corrected chi connectivity index (χ2v) is 9.32. The lowest BCUT2D eigenvalue weighted by molar-refractivity contribution is -0.116. The van der Waals surface area contributed by atoms with Crippen molar-refractivity contribution in [2.75, 3.05) is 29.9 Å². The molecular weight excluding hydrogens is 430 g/mol. The zero-order chi connectivity index (χ0) is 21.6. The SMILES string of the molecule is Cc1cc(CN2CCSCC2)ccc1NC(=O)CCc1ncc(-c2ccccc2Cl)o1. The minimum Gasteiger partial charge on any atom is -0.441 e. The molecule has 7 heteroatoms. The van der Waals surface area contributed by atoms with E-state index in [4.69, 9.17) is 16.0 Å². The van der Waals surface area contributed by atoms with Gasteiger partial charge in [-0.25, -0.2) is 4.98 Å². The van der Waals surface area contributed by atoms with Crippen LogP contribution in [0.5, 0.6) is 0 Å².